The van der Waals surface area contributed by atoms with E-state index < -0.39 is 124 Å². The minimum atomic E-state index is -1.98. The molecule has 0 bridgehead atoms. The number of carbonyl (C=O) groups excluding carboxylic acids is 1. The second-order valence-corrected chi connectivity index (χ2v) is 28.1. The standard InChI is InChI=1S/C80H143NO18/c1-3-5-7-9-11-13-15-17-19-21-23-24-25-26-27-28-29-30-31-32-33-34-35-36-37-38-40-42-44-46-48-50-52-54-56-58-68(86)81-63(64(85)57-55-53-51-49-47-45-43-41-39-22-20-18-16-14-12-10-8-6-4-2)62-94-78-74(92)71(89)76(66(60-83)96-78)99-80-75(93)72(90)77(67(61-84)97-80)98-79-73(91)70(88)69(87)65(59-82)95-79/h5,7,11,13,17,19,23-24,26-27,55,57,63-67,69-80,82-85,87-93H,3-4,6,8-10,12,14-16,18,20-22,25,28-54,56,58-62H2,1-2H3,(H,81,86)/b7-5-,13-11-,19-17-,24-23-,27-26-,57-55+. The van der Waals surface area contributed by atoms with Crippen molar-refractivity contribution >= 4 is 5.91 Å². The van der Waals surface area contributed by atoms with E-state index in [1.165, 1.54) is 193 Å². The maximum absolute atomic E-state index is 13.5. The Balaban J connectivity index is 1.35. The monoisotopic (exact) mass is 1410 g/mol. The number of rotatable bonds is 62. The van der Waals surface area contributed by atoms with Gasteiger partial charge in [-0.25, -0.2) is 0 Å². The average molecular weight is 1410 g/mol. The Morgan fingerprint density at radius 3 is 1.09 bits per heavy atom. The van der Waals surface area contributed by atoms with Crippen LogP contribution in [-0.4, -0.2) is 193 Å². The molecule has 3 aliphatic heterocycles. The van der Waals surface area contributed by atoms with Crippen LogP contribution in [0.4, 0.5) is 0 Å². The minimum Gasteiger partial charge on any atom is -0.394 e. The van der Waals surface area contributed by atoms with Crippen LogP contribution in [0, 0.1) is 0 Å². The number of amides is 1. The highest BCUT2D eigenvalue weighted by Crippen LogP contribution is 2.33. The Kier molecular flexibility index (Phi) is 55.3. The first-order valence-corrected chi connectivity index (χ1v) is 39.7. The van der Waals surface area contributed by atoms with E-state index in [-0.39, 0.29) is 18.9 Å². The van der Waals surface area contributed by atoms with Crippen LogP contribution in [0.5, 0.6) is 0 Å². The van der Waals surface area contributed by atoms with Gasteiger partial charge in [0.2, 0.25) is 5.91 Å². The van der Waals surface area contributed by atoms with Gasteiger partial charge in [-0.2, -0.15) is 0 Å². The summed E-state index contributed by atoms with van der Waals surface area (Å²) in [7, 11) is 0. The molecule has 576 valence electrons. The minimum absolute atomic E-state index is 0.244. The van der Waals surface area contributed by atoms with E-state index in [1.54, 1.807) is 6.08 Å². The van der Waals surface area contributed by atoms with Gasteiger partial charge in [-0.1, -0.05) is 299 Å². The first-order chi connectivity index (χ1) is 48.3. The zero-order chi connectivity index (χ0) is 71.8. The fraction of sp³-hybridized carbons (Fsp3) is 0.838. The van der Waals surface area contributed by atoms with Crippen molar-refractivity contribution in [3.8, 4) is 0 Å². The summed E-state index contributed by atoms with van der Waals surface area (Å²) in [5.74, 6) is -0.272. The predicted molar refractivity (Wildman–Crippen MR) is 392 cm³/mol. The Labute approximate surface area is 598 Å². The zero-order valence-corrected chi connectivity index (χ0v) is 61.5. The van der Waals surface area contributed by atoms with Crippen LogP contribution in [0.15, 0.2) is 72.9 Å². The molecular weight excluding hydrogens is 1260 g/mol. The van der Waals surface area contributed by atoms with Gasteiger partial charge in [0.1, 0.15) is 73.2 Å². The highest BCUT2D eigenvalue weighted by Gasteiger charge is 2.53. The normalized spacial score (nSPS) is 27.0. The van der Waals surface area contributed by atoms with Crippen molar-refractivity contribution < 1.29 is 89.4 Å². The molecule has 0 radical (unpaired) electrons. The van der Waals surface area contributed by atoms with Crippen LogP contribution in [0.1, 0.15) is 296 Å². The quantitative estimate of drug-likeness (QED) is 0.0199. The van der Waals surface area contributed by atoms with Gasteiger partial charge in [0, 0.05) is 6.42 Å². The topological polar surface area (TPSA) is 307 Å². The molecule has 0 aromatic heterocycles. The number of aliphatic hydroxyl groups is 11. The summed E-state index contributed by atoms with van der Waals surface area (Å²) in [5, 5.41) is 121. The van der Waals surface area contributed by atoms with Gasteiger partial charge in [0.15, 0.2) is 18.9 Å². The molecule has 0 aromatic rings. The van der Waals surface area contributed by atoms with Crippen molar-refractivity contribution in [1.29, 1.82) is 0 Å². The third kappa shape index (κ3) is 40.9. The third-order valence-corrected chi connectivity index (χ3v) is 19.5. The van der Waals surface area contributed by atoms with Crippen molar-refractivity contribution in [3.63, 3.8) is 0 Å². The SMILES string of the molecule is CC/C=C\C/C=C\C/C=C\C/C=C\C/C=C\CCCCCCCCCCCCCCCCCCCCCC(=O)NC(COC1OC(CO)C(OC2OC(CO)C(OC3OC(CO)C(O)C(O)C3O)C(O)C2O)C(O)C1O)C(O)/C=C/CCCCCCCCCCCCCCCCCCC. The van der Waals surface area contributed by atoms with E-state index in [9.17, 15) is 61.0 Å². The fourth-order valence-electron chi connectivity index (χ4n) is 13.2. The molecule has 17 atom stereocenters. The van der Waals surface area contributed by atoms with Crippen molar-refractivity contribution in [1.82, 2.24) is 5.32 Å². The molecular formula is C80H143NO18. The largest absolute Gasteiger partial charge is 0.394 e. The lowest BCUT2D eigenvalue weighted by molar-refractivity contribution is -0.379. The Hall–Kier alpha value is -2.77. The van der Waals surface area contributed by atoms with Crippen LogP contribution in [-0.2, 0) is 33.2 Å². The van der Waals surface area contributed by atoms with Crippen LogP contribution >= 0.6 is 0 Å². The zero-order valence-electron chi connectivity index (χ0n) is 61.5. The summed E-state index contributed by atoms with van der Waals surface area (Å²) >= 11 is 0. The molecule has 0 saturated carbocycles. The lowest BCUT2D eigenvalue weighted by atomic mass is 9.96. The van der Waals surface area contributed by atoms with Gasteiger partial charge in [0.05, 0.1) is 38.6 Å². The molecule has 0 spiro atoms. The average Bonchev–Trinajstić information content (AvgIpc) is 0.784. The van der Waals surface area contributed by atoms with E-state index in [2.05, 4.69) is 79.9 Å². The number of hydrogen-bond acceptors (Lipinski definition) is 18. The van der Waals surface area contributed by atoms with Crippen LogP contribution in [0.2, 0.25) is 0 Å². The molecule has 12 N–H and O–H groups in total. The van der Waals surface area contributed by atoms with Crippen molar-refractivity contribution in [2.24, 2.45) is 0 Å². The third-order valence-electron chi connectivity index (χ3n) is 19.5. The highest BCUT2D eigenvalue weighted by atomic mass is 16.8. The molecule has 3 heterocycles. The molecule has 17 unspecified atom stereocenters. The molecule has 3 fully saturated rings. The van der Waals surface area contributed by atoms with Gasteiger partial charge in [0.25, 0.3) is 0 Å². The summed E-state index contributed by atoms with van der Waals surface area (Å²) in [6.45, 7) is 1.65. The van der Waals surface area contributed by atoms with Crippen LogP contribution in [0.3, 0.4) is 0 Å². The predicted octanol–water partition coefficient (Wildman–Crippen LogP) is 12.8. The molecule has 3 rings (SSSR count). The van der Waals surface area contributed by atoms with E-state index in [0.29, 0.717) is 6.42 Å². The Morgan fingerprint density at radius 1 is 0.374 bits per heavy atom. The molecule has 19 heteroatoms. The van der Waals surface area contributed by atoms with E-state index in [0.717, 1.165) is 77.0 Å². The second-order valence-electron chi connectivity index (χ2n) is 28.1. The molecule has 3 aliphatic rings. The number of aliphatic hydroxyl groups excluding tert-OH is 11. The lowest BCUT2D eigenvalue weighted by Gasteiger charge is -2.48. The maximum Gasteiger partial charge on any atom is 0.220 e. The number of carbonyl (C=O) groups is 1. The summed E-state index contributed by atoms with van der Waals surface area (Å²) in [4.78, 5) is 13.5. The van der Waals surface area contributed by atoms with Crippen molar-refractivity contribution in [2.75, 3.05) is 26.4 Å². The molecule has 19 nitrogen and oxygen atoms in total. The molecule has 3 saturated heterocycles. The Bertz CT molecular complexity index is 2070. The summed E-state index contributed by atoms with van der Waals surface area (Å²) in [5.41, 5.74) is 0. The summed E-state index contributed by atoms with van der Waals surface area (Å²) < 4.78 is 34.4. The fourth-order valence-corrected chi connectivity index (χ4v) is 13.2. The molecule has 0 aromatic carbocycles. The van der Waals surface area contributed by atoms with E-state index >= 15 is 0 Å². The van der Waals surface area contributed by atoms with Gasteiger partial charge in [-0.05, 0) is 64.2 Å². The van der Waals surface area contributed by atoms with E-state index in [4.69, 9.17) is 28.4 Å². The van der Waals surface area contributed by atoms with Gasteiger partial charge in [-0.3, -0.25) is 4.79 Å². The number of hydrogen-bond donors (Lipinski definition) is 12. The number of allylic oxidation sites excluding steroid dienone is 11. The maximum atomic E-state index is 13.5. The first-order valence-electron chi connectivity index (χ1n) is 39.7. The molecule has 1 amide bonds. The second kappa shape index (κ2) is 60.5. The lowest BCUT2D eigenvalue weighted by Crippen LogP contribution is -2.66. The number of ether oxygens (including phenoxy) is 6. The molecule has 99 heavy (non-hydrogen) atoms. The summed E-state index contributed by atoms with van der Waals surface area (Å²) in [6, 6.07) is -0.975. The van der Waals surface area contributed by atoms with Crippen molar-refractivity contribution in [2.45, 2.75) is 401 Å². The van der Waals surface area contributed by atoms with Crippen LogP contribution < -0.4 is 5.32 Å². The molecule has 0 aliphatic carbocycles. The van der Waals surface area contributed by atoms with Crippen molar-refractivity contribution in [3.05, 3.63) is 72.9 Å². The van der Waals surface area contributed by atoms with Gasteiger partial charge < -0.3 is 89.9 Å². The first kappa shape index (κ1) is 90.4. The number of nitrogens with one attached hydrogen (secondary N) is 1. The van der Waals surface area contributed by atoms with Gasteiger partial charge >= 0.3 is 0 Å². The summed E-state index contributed by atoms with van der Waals surface area (Å²) in [6.07, 6.45) is 51.7. The van der Waals surface area contributed by atoms with Gasteiger partial charge in [-0.15, -0.1) is 0 Å². The van der Waals surface area contributed by atoms with Crippen LogP contribution in [0.25, 0.3) is 0 Å². The Morgan fingerprint density at radius 2 is 0.697 bits per heavy atom. The smallest absolute Gasteiger partial charge is 0.220 e. The number of unbranched alkanes of at least 4 members (excludes halogenated alkanes) is 36. The highest BCUT2D eigenvalue weighted by molar-refractivity contribution is 5.76. The van der Waals surface area contributed by atoms with E-state index in [1.807, 2.05) is 6.08 Å².